The number of nitrogens with one attached hydrogen (secondary N) is 2. The third-order valence-corrected chi connectivity index (χ3v) is 2.44. The van der Waals surface area contributed by atoms with Crippen LogP contribution in [-0.4, -0.2) is 26.1 Å². The Morgan fingerprint density at radius 3 is 2.89 bits per heavy atom. The van der Waals surface area contributed by atoms with E-state index in [1.165, 1.54) is 12.1 Å². The average molecular weight is 272 g/mol. The smallest absolute Gasteiger partial charge is 0.387 e. The Morgan fingerprint density at radius 1 is 1.42 bits per heavy atom. The standard InChI is InChI=1S/C13H18F2N2O2/c1-16-7-3-6-12(18)17-9-10-4-2-5-11(8-10)19-13(14)15/h2,4-5,8,13,16H,3,6-7,9H2,1H3,(H,17,18). The van der Waals surface area contributed by atoms with E-state index in [0.29, 0.717) is 13.0 Å². The second-order valence-electron chi connectivity index (χ2n) is 4.01. The van der Waals surface area contributed by atoms with E-state index in [1.807, 2.05) is 7.05 Å². The zero-order valence-electron chi connectivity index (χ0n) is 10.8. The van der Waals surface area contributed by atoms with E-state index in [4.69, 9.17) is 0 Å². The normalized spacial score (nSPS) is 10.5. The number of rotatable bonds is 8. The van der Waals surface area contributed by atoms with E-state index in [2.05, 4.69) is 15.4 Å². The van der Waals surface area contributed by atoms with Crippen LogP contribution in [0.15, 0.2) is 24.3 Å². The molecule has 0 atom stereocenters. The zero-order chi connectivity index (χ0) is 14.1. The van der Waals surface area contributed by atoms with Gasteiger partial charge in [0.1, 0.15) is 5.75 Å². The molecule has 0 aliphatic carbocycles. The summed E-state index contributed by atoms with van der Waals surface area (Å²) in [5.74, 6) is 0.0346. The van der Waals surface area contributed by atoms with Crippen LogP contribution in [0.3, 0.4) is 0 Å². The SMILES string of the molecule is CNCCCC(=O)NCc1cccc(OC(F)F)c1. The highest BCUT2D eigenvalue weighted by Gasteiger charge is 2.05. The molecule has 0 radical (unpaired) electrons. The van der Waals surface area contributed by atoms with Gasteiger partial charge in [-0.2, -0.15) is 8.78 Å². The van der Waals surface area contributed by atoms with Crippen molar-refractivity contribution in [3.8, 4) is 5.75 Å². The number of halogens is 2. The predicted molar refractivity (Wildman–Crippen MR) is 68.1 cm³/mol. The zero-order valence-corrected chi connectivity index (χ0v) is 10.8. The van der Waals surface area contributed by atoms with Gasteiger partial charge in [-0.15, -0.1) is 0 Å². The molecule has 0 bridgehead atoms. The van der Waals surface area contributed by atoms with E-state index in [0.717, 1.165) is 18.5 Å². The minimum absolute atomic E-state index is 0.0598. The van der Waals surface area contributed by atoms with E-state index in [9.17, 15) is 13.6 Å². The summed E-state index contributed by atoms with van der Waals surface area (Å²) in [5, 5.41) is 5.68. The number of amides is 1. The van der Waals surface area contributed by atoms with E-state index < -0.39 is 6.61 Å². The van der Waals surface area contributed by atoms with Gasteiger partial charge in [-0.3, -0.25) is 4.79 Å². The van der Waals surface area contributed by atoms with E-state index in [1.54, 1.807) is 12.1 Å². The average Bonchev–Trinajstić information content (AvgIpc) is 2.36. The summed E-state index contributed by atoms with van der Waals surface area (Å²) < 4.78 is 28.4. The van der Waals surface area contributed by atoms with Crippen molar-refractivity contribution in [2.45, 2.75) is 26.0 Å². The first-order valence-electron chi connectivity index (χ1n) is 6.07. The van der Waals surface area contributed by atoms with Crippen molar-refractivity contribution in [3.63, 3.8) is 0 Å². The maximum absolute atomic E-state index is 12.0. The van der Waals surface area contributed by atoms with Crippen LogP contribution in [0.25, 0.3) is 0 Å². The minimum Gasteiger partial charge on any atom is -0.435 e. The van der Waals surface area contributed by atoms with Crippen molar-refractivity contribution in [2.75, 3.05) is 13.6 Å². The molecule has 4 nitrogen and oxygen atoms in total. The topological polar surface area (TPSA) is 50.4 Å². The van der Waals surface area contributed by atoms with Crippen molar-refractivity contribution in [1.29, 1.82) is 0 Å². The fraction of sp³-hybridized carbons (Fsp3) is 0.462. The molecule has 6 heteroatoms. The van der Waals surface area contributed by atoms with E-state index in [-0.39, 0.29) is 11.7 Å². The number of hydrogen-bond donors (Lipinski definition) is 2. The lowest BCUT2D eigenvalue weighted by atomic mass is 10.2. The van der Waals surface area contributed by atoms with Crippen LogP contribution < -0.4 is 15.4 Å². The minimum atomic E-state index is -2.84. The number of carbonyl (C=O) groups excluding carboxylic acids is 1. The summed E-state index contributed by atoms with van der Waals surface area (Å²) in [6.07, 6.45) is 1.20. The summed E-state index contributed by atoms with van der Waals surface area (Å²) in [7, 11) is 1.83. The van der Waals surface area contributed by atoms with Crippen LogP contribution in [-0.2, 0) is 11.3 Å². The van der Waals surface area contributed by atoms with Gasteiger partial charge in [0, 0.05) is 13.0 Å². The Bertz CT molecular complexity index is 400. The number of ether oxygens (including phenoxy) is 1. The molecule has 0 saturated carbocycles. The molecule has 0 heterocycles. The molecule has 0 saturated heterocycles. The number of hydrogen-bond acceptors (Lipinski definition) is 3. The molecule has 106 valence electrons. The van der Waals surface area contributed by atoms with Gasteiger partial charge >= 0.3 is 6.61 Å². The van der Waals surface area contributed by atoms with Crippen molar-refractivity contribution < 1.29 is 18.3 Å². The van der Waals surface area contributed by atoms with Gasteiger partial charge in [-0.05, 0) is 37.7 Å². The molecule has 19 heavy (non-hydrogen) atoms. The lowest BCUT2D eigenvalue weighted by molar-refractivity contribution is -0.121. The van der Waals surface area contributed by atoms with Gasteiger partial charge < -0.3 is 15.4 Å². The Morgan fingerprint density at radius 2 is 2.21 bits per heavy atom. The molecule has 0 unspecified atom stereocenters. The first-order chi connectivity index (χ1) is 9.11. The van der Waals surface area contributed by atoms with Gasteiger partial charge in [-0.1, -0.05) is 12.1 Å². The largest absolute Gasteiger partial charge is 0.435 e. The van der Waals surface area contributed by atoms with Crippen LogP contribution >= 0.6 is 0 Å². The molecule has 0 aromatic heterocycles. The Labute approximate surface area is 111 Å². The second-order valence-corrected chi connectivity index (χ2v) is 4.01. The maximum atomic E-state index is 12.0. The summed E-state index contributed by atoms with van der Waals surface area (Å²) in [6.45, 7) is -1.75. The molecule has 1 amide bonds. The highest BCUT2D eigenvalue weighted by Crippen LogP contribution is 2.15. The summed E-state index contributed by atoms with van der Waals surface area (Å²) >= 11 is 0. The third-order valence-electron chi connectivity index (χ3n) is 2.44. The Kier molecular flexibility index (Phi) is 6.81. The number of alkyl halides is 2. The van der Waals surface area contributed by atoms with Crippen LogP contribution in [0.1, 0.15) is 18.4 Å². The second kappa shape index (κ2) is 8.42. The number of carbonyl (C=O) groups is 1. The van der Waals surface area contributed by atoms with Crippen LogP contribution in [0.5, 0.6) is 5.75 Å². The van der Waals surface area contributed by atoms with E-state index >= 15 is 0 Å². The molecule has 0 aliphatic rings. The predicted octanol–water partition coefficient (Wildman–Crippen LogP) is 1.90. The molecular weight excluding hydrogens is 254 g/mol. The maximum Gasteiger partial charge on any atom is 0.387 e. The van der Waals surface area contributed by atoms with Crippen molar-refractivity contribution in [3.05, 3.63) is 29.8 Å². The van der Waals surface area contributed by atoms with Crippen molar-refractivity contribution in [2.24, 2.45) is 0 Å². The van der Waals surface area contributed by atoms with Crippen LogP contribution in [0, 0.1) is 0 Å². The molecule has 0 spiro atoms. The molecule has 1 aromatic carbocycles. The summed E-state index contributed by atoms with van der Waals surface area (Å²) in [5.41, 5.74) is 0.722. The lowest BCUT2D eigenvalue weighted by Gasteiger charge is -2.08. The molecule has 1 aromatic rings. The van der Waals surface area contributed by atoms with Crippen molar-refractivity contribution >= 4 is 5.91 Å². The van der Waals surface area contributed by atoms with Crippen molar-refractivity contribution in [1.82, 2.24) is 10.6 Å². The Balaban J connectivity index is 2.38. The fourth-order valence-corrected chi connectivity index (χ4v) is 1.55. The number of benzene rings is 1. The first kappa shape index (κ1) is 15.4. The molecule has 0 aliphatic heterocycles. The van der Waals surface area contributed by atoms with Gasteiger partial charge in [0.15, 0.2) is 0 Å². The van der Waals surface area contributed by atoms with Gasteiger partial charge in [-0.25, -0.2) is 0 Å². The summed E-state index contributed by atoms with van der Waals surface area (Å²) in [4.78, 5) is 11.5. The lowest BCUT2D eigenvalue weighted by Crippen LogP contribution is -2.23. The highest BCUT2D eigenvalue weighted by atomic mass is 19.3. The Hall–Kier alpha value is -1.69. The quantitative estimate of drug-likeness (QED) is 0.711. The fourth-order valence-electron chi connectivity index (χ4n) is 1.55. The van der Waals surface area contributed by atoms with Gasteiger partial charge in [0.05, 0.1) is 0 Å². The molecular formula is C13H18F2N2O2. The van der Waals surface area contributed by atoms with Crippen LogP contribution in [0.4, 0.5) is 8.78 Å². The van der Waals surface area contributed by atoms with Crippen LogP contribution in [0.2, 0.25) is 0 Å². The molecule has 2 N–H and O–H groups in total. The molecule has 0 fully saturated rings. The third kappa shape index (κ3) is 6.71. The van der Waals surface area contributed by atoms with Gasteiger partial charge in [0.25, 0.3) is 0 Å². The molecule has 1 rings (SSSR count). The highest BCUT2D eigenvalue weighted by molar-refractivity contribution is 5.75. The van der Waals surface area contributed by atoms with Gasteiger partial charge in [0.2, 0.25) is 5.91 Å². The monoisotopic (exact) mass is 272 g/mol. The first-order valence-corrected chi connectivity index (χ1v) is 6.07. The summed E-state index contributed by atoms with van der Waals surface area (Å²) in [6, 6.07) is 6.29.